The van der Waals surface area contributed by atoms with Crippen LogP contribution in [0.3, 0.4) is 0 Å². The lowest BCUT2D eigenvalue weighted by Gasteiger charge is -2.46. The highest BCUT2D eigenvalue weighted by Crippen LogP contribution is 2.53. The topological polar surface area (TPSA) is 35.5 Å². The van der Waals surface area contributed by atoms with E-state index in [2.05, 4.69) is 25.1 Å². The van der Waals surface area contributed by atoms with Crippen LogP contribution >= 0.6 is 0 Å². The maximum Gasteiger partial charge on any atom is 0.305 e. The van der Waals surface area contributed by atoms with E-state index >= 15 is 0 Å². The molecule has 2 aromatic carbocycles. The molecule has 0 aromatic heterocycles. The fourth-order valence-corrected chi connectivity index (χ4v) is 3.66. The van der Waals surface area contributed by atoms with Gasteiger partial charge in [-0.05, 0) is 67.3 Å². The summed E-state index contributed by atoms with van der Waals surface area (Å²) in [7, 11) is 0. The fraction of sp³-hybridized carbons (Fsp3) is 0.409. The molecule has 3 nitrogen and oxygen atoms in total. The van der Waals surface area contributed by atoms with Crippen LogP contribution in [0.2, 0.25) is 0 Å². The van der Waals surface area contributed by atoms with Crippen molar-refractivity contribution in [2.45, 2.75) is 45.4 Å². The molecule has 0 saturated heterocycles. The summed E-state index contributed by atoms with van der Waals surface area (Å²) < 4.78 is 11.0. The Morgan fingerprint density at radius 2 is 1.80 bits per heavy atom. The molecule has 0 atom stereocenters. The van der Waals surface area contributed by atoms with E-state index in [-0.39, 0.29) is 11.4 Å². The Labute approximate surface area is 150 Å². The minimum Gasteiger partial charge on any atom is -0.466 e. The van der Waals surface area contributed by atoms with Gasteiger partial charge in [0.2, 0.25) is 0 Å². The van der Waals surface area contributed by atoms with Crippen molar-refractivity contribution in [3.05, 3.63) is 60.2 Å². The van der Waals surface area contributed by atoms with Crippen LogP contribution in [0.15, 0.2) is 54.6 Å². The molecule has 0 radical (unpaired) electrons. The lowest BCUT2D eigenvalue weighted by molar-refractivity contribution is -0.144. The number of ether oxygens (including phenoxy) is 2. The van der Waals surface area contributed by atoms with Gasteiger partial charge in [0.05, 0.1) is 6.61 Å². The van der Waals surface area contributed by atoms with Crippen molar-refractivity contribution in [3.8, 4) is 11.5 Å². The molecule has 0 bridgehead atoms. The van der Waals surface area contributed by atoms with Gasteiger partial charge in [0.15, 0.2) is 0 Å². The van der Waals surface area contributed by atoms with Gasteiger partial charge in [0, 0.05) is 6.42 Å². The number of hydrogen-bond donors (Lipinski definition) is 0. The standard InChI is InChI=1S/C22H26O3/c1-3-24-21(23)12-13-22(2)15-18(16-22)17-8-7-11-20(14-17)25-19-9-5-4-6-10-19/h4-11,14,18H,3,12-13,15-16H2,1-2H3. The third-order valence-corrected chi connectivity index (χ3v) is 5.02. The predicted octanol–water partition coefficient (Wildman–Crippen LogP) is 5.71. The van der Waals surface area contributed by atoms with Gasteiger partial charge < -0.3 is 9.47 Å². The van der Waals surface area contributed by atoms with Crippen molar-refractivity contribution < 1.29 is 14.3 Å². The molecule has 0 spiro atoms. The molecular formula is C22H26O3. The van der Waals surface area contributed by atoms with Crippen LogP contribution in [0.5, 0.6) is 11.5 Å². The number of benzene rings is 2. The van der Waals surface area contributed by atoms with Crippen molar-refractivity contribution in [1.82, 2.24) is 0 Å². The van der Waals surface area contributed by atoms with E-state index < -0.39 is 0 Å². The average molecular weight is 338 g/mol. The Kier molecular flexibility index (Phi) is 5.42. The third-order valence-electron chi connectivity index (χ3n) is 5.02. The molecule has 0 aliphatic heterocycles. The Bertz CT molecular complexity index is 702. The van der Waals surface area contributed by atoms with Gasteiger partial charge in [0.25, 0.3) is 0 Å². The molecule has 1 aliphatic rings. The average Bonchev–Trinajstić information content (AvgIpc) is 2.59. The van der Waals surface area contributed by atoms with Gasteiger partial charge in [-0.3, -0.25) is 4.79 Å². The van der Waals surface area contributed by atoms with Gasteiger partial charge >= 0.3 is 5.97 Å². The van der Waals surface area contributed by atoms with E-state index in [0.29, 0.717) is 18.9 Å². The van der Waals surface area contributed by atoms with E-state index in [1.54, 1.807) is 0 Å². The molecule has 0 unspecified atom stereocenters. The molecule has 1 fully saturated rings. The van der Waals surface area contributed by atoms with Crippen LogP contribution < -0.4 is 4.74 Å². The number of rotatable bonds is 7. The molecule has 132 valence electrons. The lowest BCUT2D eigenvalue weighted by atomic mass is 9.59. The number of hydrogen-bond acceptors (Lipinski definition) is 3. The number of carbonyl (C=O) groups is 1. The Morgan fingerprint density at radius 3 is 2.52 bits per heavy atom. The number of carbonyl (C=O) groups excluding carboxylic acids is 1. The highest BCUT2D eigenvalue weighted by Gasteiger charge is 2.40. The number of esters is 1. The van der Waals surface area contributed by atoms with Crippen LogP contribution in [-0.4, -0.2) is 12.6 Å². The van der Waals surface area contributed by atoms with E-state index in [1.807, 2.05) is 43.3 Å². The molecule has 25 heavy (non-hydrogen) atoms. The quantitative estimate of drug-likeness (QED) is 0.607. The summed E-state index contributed by atoms with van der Waals surface area (Å²) in [5, 5.41) is 0. The van der Waals surface area contributed by atoms with E-state index in [1.165, 1.54) is 5.56 Å². The molecule has 2 aromatic rings. The smallest absolute Gasteiger partial charge is 0.305 e. The van der Waals surface area contributed by atoms with Crippen LogP contribution in [0.4, 0.5) is 0 Å². The summed E-state index contributed by atoms with van der Waals surface area (Å²) in [5.74, 6) is 2.20. The summed E-state index contributed by atoms with van der Waals surface area (Å²) in [6, 6.07) is 18.2. The lowest BCUT2D eigenvalue weighted by Crippen LogP contribution is -2.33. The minimum absolute atomic E-state index is 0.0783. The van der Waals surface area contributed by atoms with Crippen LogP contribution in [0, 0.1) is 5.41 Å². The molecule has 3 rings (SSSR count). The third kappa shape index (κ3) is 4.62. The number of para-hydroxylation sites is 1. The first kappa shape index (κ1) is 17.5. The maximum absolute atomic E-state index is 11.6. The SMILES string of the molecule is CCOC(=O)CCC1(C)CC(c2cccc(Oc3ccccc3)c2)C1. The Morgan fingerprint density at radius 1 is 1.08 bits per heavy atom. The molecule has 0 amide bonds. The van der Waals surface area contributed by atoms with Crippen molar-refractivity contribution >= 4 is 5.97 Å². The fourth-order valence-electron chi connectivity index (χ4n) is 3.66. The Balaban J connectivity index is 1.55. The first-order chi connectivity index (χ1) is 12.1. The highest BCUT2D eigenvalue weighted by molar-refractivity contribution is 5.69. The monoisotopic (exact) mass is 338 g/mol. The summed E-state index contributed by atoms with van der Waals surface area (Å²) in [5.41, 5.74) is 1.57. The molecule has 3 heteroatoms. The second-order valence-electron chi connectivity index (χ2n) is 7.21. The first-order valence-corrected chi connectivity index (χ1v) is 9.06. The Hall–Kier alpha value is -2.29. The van der Waals surface area contributed by atoms with E-state index in [4.69, 9.17) is 9.47 Å². The zero-order chi connectivity index (χ0) is 17.7. The summed E-state index contributed by atoms with van der Waals surface area (Å²) in [6.45, 7) is 4.59. The molecule has 1 saturated carbocycles. The minimum atomic E-state index is -0.0783. The van der Waals surface area contributed by atoms with Crippen molar-refractivity contribution in [1.29, 1.82) is 0 Å². The normalized spacial score (nSPS) is 22.1. The first-order valence-electron chi connectivity index (χ1n) is 9.06. The predicted molar refractivity (Wildman–Crippen MR) is 98.9 cm³/mol. The molecule has 0 N–H and O–H groups in total. The van der Waals surface area contributed by atoms with Gasteiger partial charge in [-0.2, -0.15) is 0 Å². The summed E-state index contributed by atoms with van der Waals surface area (Å²) in [6.07, 6.45) is 3.65. The summed E-state index contributed by atoms with van der Waals surface area (Å²) in [4.78, 5) is 11.6. The second kappa shape index (κ2) is 7.73. The van der Waals surface area contributed by atoms with Gasteiger partial charge in [-0.15, -0.1) is 0 Å². The van der Waals surface area contributed by atoms with E-state index in [9.17, 15) is 4.79 Å². The van der Waals surface area contributed by atoms with Gasteiger partial charge in [-0.1, -0.05) is 37.3 Å². The van der Waals surface area contributed by atoms with Crippen molar-refractivity contribution in [2.24, 2.45) is 5.41 Å². The summed E-state index contributed by atoms with van der Waals surface area (Å²) >= 11 is 0. The molecular weight excluding hydrogens is 312 g/mol. The van der Waals surface area contributed by atoms with Crippen molar-refractivity contribution in [2.75, 3.05) is 6.61 Å². The van der Waals surface area contributed by atoms with Gasteiger partial charge in [0.1, 0.15) is 11.5 Å². The van der Waals surface area contributed by atoms with Crippen LogP contribution in [0.1, 0.15) is 51.0 Å². The molecule has 1 aliphatic carbocycles. The maximum atomic E-state index is 11.6. The van der Waals surface area contributed by atoms with E-state index in [0.717, 1.165) is 30.8 Å². The van der Waals surface area contributed by atoms with Crippen LogP contribution in [0.25, 0.3) is 0 Å². The van der Waals surface area contributed by atoms with Crippen LogP contribution in [-0.2, 0) is 9.53 Å². The zero-order valence-corrected chi connectivity index (χ0v) is 15.0. The highest BCUT2D eigenvalue weighted by atomic mass is 16.5. The zero-order valence-electron chi connectivity index (χ0n) is 15.0. The largest absolute Gasteiger partial charge is 0.466 e. The van der Waals surface area contributed by atoms with Crippen molar-refractivity contribution in [3.63, 3.8) is 0 Å². The van der Waals surface area contributed by atoms with Gasteiger partial charge in [-0.25, -0.2) is 0 Å². The second-order valence-corrected chi connectivity index (χ2v) is 7.21. The molecule has 0 heterocycles.